The maximum Gasteiger partial charge on any atom is 0.173 e. The summed E-state index contributed by atoms with van der Waals surface area (Å²) in [6.07, 6.45) is 6.74. The summed E-state index contributed by atoms with van der Waals surface area (Å²) in [6, 6.07) is 6.12. The molecule has 7 heteroatoms. The number of aromatic nitrogens is 4. The van der Waals surface area contributed by atoms with E-state index in [1.165, 1.54) is 6.42 Å². The van der Waals surface area contributed by atoms with E-state index in [1.54, 1.807) is 12.4 Å². The van der Waals surface area contributed by atoms with E-state index in [0.29, 0.717) is 18.4 Å². The van der Waals surface area contributed by atoms with E-state index in [2.05, 4.69) is 62.2 Å². The predicted molar refractivity (Wildman–Crippen MR) is 107 cm³/mol. The molecule has 0 saturated carbocycles. The molecular formula is C19H23BrN6. The number of nitrogens with one attached hydrogen (secondary N) is 1. The second kappa shape index (κ2) is 7.23. The lowest BCUT2D eigenvalue weighted by Gasteiger charge is -2.36. The van der Waals surface area contributed by atoms with Crippen LogP contribution in [0.25, 0.3) is 5.65 Å². The van der Waals surface area contributed by atoms with Gasteiger partial charge in [0.15, 0.2) is 5.65 Å². The topological polar surface area (TPSA) is 58.4 Å². The summed E-state index contributed by atoms with van der Waals surface area (Å²) in [5.74, 6) is 3.30. The van der Waals surface area contributed by atoms with Gasteiger partial charge >= 0.3 is 0 Å². The number of nitrogens with zero attached hydrogens (tertiary/aromatic N) is 5. The van der Waals surface area contributed by atoms with Crippen molar-refractivity contribution in [3.8, 4) is 0 Å². The Kier molecular flexibility index (Phi) is 4.80. The molecule has 0 bridgehead atoms. The molecule has 0 aliphatic carbocycles. The second-order valence-corrected chi connectivity index (χ2v) is 8.15. The fraction of sp³-hybridized carbons (Fsp3) is 0.421. The van der Waals surface area contributed by atoms with Gasteiger partial charge < -0.3 is 10.2 Å². The predicted octanol–water partition coefficient (Wildman–Crippen LogP) is 3.98. The van der Waals surface area contributed by atoms with Crippen molar-refractivity contribution in [2.45, 2.75) is 26.8 Å². The Morgan fingerprint density at radius 2 is 2.04 bits per heavy atom. The second-order valence-electron chi connectivity index (χ2n) is 7.29. The van der Waals surface area contributed by atoms with Crippen molar-refractivity contribution in [3.63, 3.8) is 0 Å². The lowest BCUT2D eigenvalue weighted by atomic mass is 9.92. The molecule has 26 heavy (non-hydrogen) atoms. The van der Waals surface area contributed by atoms with Crippen molar-refractivity contribution in [2.24, 2.45) is 11.8 Å². The summed E-state index contributed by atoms with van der Waals surface area (Å²) in [6.45, 7) is 7.41. The van der Waals surface area contributed by atoms with Crippen LogP contribution in [0.3, 0.4) is 0 Å². The van der Waals surface area contributed by atoms with Crippen LogP contribution in [-0.2, 0) is 6.54 Å². The summed E-state index contributed by atoms with van der Waals surface area (Å²) < 4.78 is 2.75. The van der Waals surface area contributed by atoms with E-state index in [4.69, 9.17) is 4.98 Å². The first-order chi connectivity index (χ1) is 12.6. The Balaban J connectivity index is 1.67. The van der Waals surface area contributed by atoms with E-state index in [1.807, 2.05) is 16.8 Å². The third kappa shape index (κ3) is 3.53. The van der Waals surface area contributed by atoms with Gasteiger partial charge in [0.05, 0.1) is 10.7 Å². The number of pyridine rings is 1. The van der Waals surface area contributed by atoms with Crippen molar-refractivity contribution < 1.29 is 0 Å². The monoisotopic (exact) mass is 414 g/mol. The van der Waals surface area contributed by atoms with Gasteiger partial charge in [0, 0.05) is 38.1 Å². The molecule has 136 valence electrons. The minimum absolute atomic E-state index is 0.678. The highest BCUT2D eigenvalue weighted by Crippen LogP contribution is 2.29. The summed E-state index contributed by atoms with van der Waals surface area (Å²) in [5.41, 5.74) is 1.97. The van der Waals surface area contributed by atoms with Gasteiger partial charge in [-0.05, 0) is 45.8 Å². The van der Waals surface area contributed by atoms with Crippen LogP contribution in [0.1, 0.15) is 25.8 Å². The summed E-state index contributed by atoms with van der Waals surface area (Å²) in [7, 11) is 0. The summed E-state index contributed by atoms with van der Waals surface area (Å²) in [4.78, 5) is 11.4. The molecule has 4 rings (SSSR count). The Hall–Kier alpha value is -2.15. The molecule has 1 aliphatic heterocycles. The third-order valence-electron chi connectivity index (χ3n) is 4.80. The normalized spacial score (nSPS) is 20.5. The van der Waals surface area contributed by atoms with Crippen LogP contribution in [0.5, 0.6) is 0 Å². The van der Waals surface area contributed by atoms with Crippen molar-refractivity contribution in [1.29, 1.82) is 0 Å². The first kappa shape index (κ1) is 17.3. The van der Waals surface area contributed by atoms with Gasteiger partial charge in [-0.1, -0.05) is 19.9 Å². The minimum atomic E-state index is 0.678. The van der Waals surface area contributed by atoms with Gasteiger partial charge in [-0.2, -0.15) is 9.61 Å². The van der Waals surface area contributed by atoms with Crippen LogP contribution < -0.4 is 10.2 Å². The zero-order chi connectivity index (χ0) is 18.1. The molecule has 1 fully saturated rings. The lowest BCUT2D eigenvalue weighted by molar-refractivity contribution is 0.355. The lowest BCUT2D eigenvalue weighted by Crippen LogP contribution is -2.39. The molecule has 4 heterocycles. The molecule has 0 spiro atoms. The van der Waals surface area contributed by atoms with Crippen LogP contribution in [0.4, 0.5) is 11.6 Å². The Morgan fingerprint density at radius 1 is 1.23 bits per heavy atom. The average molecular weight is 415 g/mol. The fourth-order valence-corrected chi connectivity index (χ4v) is 4.10. The SMILES string of the molecule is CC1CC(C)CN(c2cc(NCc3cccnc3)n3ncc(Br)c3n2)C1. The van der Waals surface area contributed by atoms with Gasteiger partial charge in [0.2, 0.25) is 0 Å². The summed E-state index contributed by atoms with van der Waals surface area (Å²) >= 11 is 3.58. The quantitative estimate of drug-likeness (QED) is 0.699. The first-order valence-electron chi connectivity index (χ1n) is 9.02. The van der Waals surface area contributed by atoms with E-state index in [-0.39, 0.29) is 0 Å². The molecular weight excluding hydrogens is 392 g/mol. The fourth-order valence-electron chi connectivity index (χ4n) is 3.76. The van der Waals surface area contributed by atoms with Crippen molar-refractivity contribution in [2.75, 3.05) is 23.3 Å². The smallest absolute Gasteiger partial charge is 0.173 e. The zero-order valence-corrected chi connectivity index (χ0v) is 16.6. The van der Waals surface area contributed by atoms with E-state index in [9.17, 15) is 0 Å². The third-order valence-corrected chi connectivity index (χ3v) is 5.36. The molecule has 0 aromatic carbocycles. The first-order valence-corrected chi connectivity index (χ1v) is 9.81. The Morgan fingerprint density at radius 3 is 2.77 bits per heavy atom. The number of piperidine rings is 1. The molecule has 3 aromatic rings. The van der Waals surface area contributed by atoms with Crippen LogP contribution in [0.15, 0.2) is 41.3 Å². The molecule has 0 radical (unpaired) electrons. The number of rotatable bonds is 4. The van der Waals surface area contributed by atoms with Crippen LogP contribution in [0.2, 0.25) is 0 Å². The van der Waals surface area contributed by atoms with Gasteiger partial charge in [0.1, 0.15) is 11.6 Å². The van der Waals surface area contributed by atoms with Gasteiger partial charge in [-0.25, -0.2) is 4.98 Å². The largest absolute Gasteiger partial charge is 0.366 e. The van der Waals surface area contributed by atoms with Gasteiger partial charge in [-0.3, -0.25) is 4.98 Å². The molecule has 1 aliphatic rings. The molecule has 6 nitrogen and oxygen atoms in total. The standard InChI is InChI=1S/C19H23BrN6/c1-13-6-14(2)12-25(11-13)18-7-17(22-9-15-4-3-5-21-8-15)26-19(24-18)16(20)10-23-26/h3-5,7-8,10,13-14,22H,6,9,11-12H2,1-2H3. The Labute approximate surface area is 161 Å². The maximum atomic E-state index is 4.87. The average Bonchev–Trinajstić information content (AvgIpc) is 3.01. The van der Waals surface area contributed by atoms with Gasteiger partial charge in [0.25, 0.3) is 0 Å². The number of anilines is 2. The molecule has 0 amide bonds. The van der Waals surface area contributed by atoms with Crippen molar-refractivity contribution in [3.05, 3.63) is 46.8 Å². The maximum absolute atomic E-state index is 4.87. The van der Waals surface area contributed by atoms with Crippen molar-refractivity contribution >= 4 is 33.2 Å². The van der Waals surface area contributed by atoms with E-state index < -0.39 is 0 Å². The van der Waals surface area contributed by atoms with Gasteiger partial charge in [-0.15, -0.1) is 0 Å². The number of fused-ring (bicyclic) bond motifs is 1. The molecule has 1 saturated heterocycles. The Bertz CT molecular complexity index is 884. The minimum Gasteiger partial charge on any atom is -0.366 e. The van der Waals surface area contributed by atoms with Crippen LogP contribution in [-0.4, -0.2) is 32.7 Å². The highest BCUT2D eigenvalue weighted by molar-refractivity contribution is 9.10. The molecule has 3 aromatic heterocycles. The van der Waals surface area contributed by atoms with Crippen molar-refractivity contribution in [1.82, 2.24) is 19.6 Å². The molecule has 2 unspecified atom stereocenters. The number of halogens is 1. The molecule has 2 atom stereocenters. The summed E-state index contributed by atoms with van der Waals surface area (Å²) in [5, 5.41) is 7.95. The van der Waals surface area contributed by atoms with Crippen LogP contribution >= 0.6 is 15.9 Å². The van der Waals surface area contributed by atoms with E-state index in [0.717, 1.165) is 40.4 Å². The zero-order valence-electron chi connectivity index (χ0n) is 15.1. The number of hydrogen-bond donors (Lipinski definition) is 1. The molecule has 1 N–H and O–H groups in total. The highest BCUT2D eigenvalue weighted by Gasteiger charge is 2.24. The highest BCUT2D eigenvalue weighted by atomic mass is 79.9. The van der Waals surface area contributed by atoms with Crippen LogP contribution in [0, 0.1) is 11.8 Å². The van der Waals surface area contributed by atoms with E-state index >= 15 is 0 Å². The number of hydrogen-bond acceptors (Lipinski definition) is 5.